The molecule has 1 amide bonds. The quantitative estimate of drug-likeness (QED) is 0.768. The molecule has 1 fully saturated rings. The number of piperidine rings is 1. The Bertz CT molecular complexity index is 939. The predicted molar refractivity (Wildman–Crippen MR) is 97.1 cm³/mol. The van der Waals surface area contributed by atoms with Crippen LogP contribution in [0.5, 0.6) is 0 Å². The Morgan fingerprint density at radius 1 is 1.04 bits per heavy atom. The van der Waals surface area contributed by atoms with Crippen molar-refractivity contribution in [3.8, 4) is 11.5 Å². The second kappa shape index (κ2) is 6.75. The van der Waals surface area contributed by atoms with Crippen molar-refractivity contribution in [3.63, 3.8) is 0 Å². The number of carboxylic acid groups (broad SMARTS) is 1. The molecule has 0 unspecified atom stereocenters. The van der Waals surface area contributed by atoms with E-state index in [1.165, 1.54) is 4.68 Å². The van der Waals surface area contributed by atoms with Crippen LogP contribution in [0.3, 0.4) is 0 Å². The lowest BCUT2D eigenvalue weighted by Crippen LogP contribution is -2.52. The summed E-state index contributed by atoms with van der Waals surface area (Å²) in [5, 5.41) is 14.4. The van der Waals surface area contributed by atoms with E-state index in [0.717, 1.165) is 0 Å². The second-order valence-corrected chi connectivity index (χ2v) is 6.62. The minimum atomic E-state index is -1.17. The molecule has 7 nitrogen and oxygen atoms in total. The Kier molecular flexibility index (Phi) is 4.27. The van der Waals surface area contributed by atoms with Gasteiger partial charge in [-0.1, -0.05) is 18.2 Å². The van der Waals surface area contributed by atoms with Crippen LogP contribution in [0.4, 0.5) is 0 Å². The first-order valence-corrected chi connectivity index (χ1v) is 8.78. The monoisotopic (exact) mass is 365 g/mol. The highest BCUT2D eigenvalue weighted by molar-refractivity contribution is 5.94. The van der Waals surface area contributed by atoms with Crippen LogP contribution in [0.1, 0.15) is 23.2 Å². The minimum absolute atomic E-state index is 0.0775. The van der Waals surface area contributed by atoms with Gasteiger partial charge in [0.15, 0.2) is 11.3 Å². The van der Waals surface area contributed by atoms with E-state index in [2.05, 4.69) is 5.10 Å². The third kappa shape index (κ3) is 3.01. The molecular weight excluding hydrogens is 346 g/mol. The number of amides is 1. The SMILES string of the molecule is O=C(c1ccccc1)N1CCC(C(=O)O)(n2ccc(-c3ccco3)n2)CC1. The molecule has 0 radical (unpaired) electrons. The minimum Gasteiger partial charge on any atom is -0.479 e. The maximum Gasteiger partial charge on any atom is 0.331 e. The van der Waals surface area contributed by atoms with Gasteiger partial charge in [0, 0.05) is 37.7 Å². The summed E-state index contributed by atoms with van der Waals surface area (Å²) >= 11 is 0. The van der Waals surface area contributed by atoms with Gasteiger partial charge in [-0.15, -0.1) is 0 Å². The van der Waals surface area contributed by atoms with Gasteiger partial charge >= 0.3 is 5.97 Å². The number of benzene rings is 1. The Morgan fingerprint density at radius 2 is 1.78 bits per heavy atom. The number of carbonyl (C=O) groups is 2. The summed E-state index contributed by atoms with van der Waals surface area (Å²) in [6.45, 7) is 0.714. The number of carbonyl (C=O) groups excluding carboxylic acids is 1. The molecule has 2 aromatic heterocycles. The molecule has 138 valence electrons. The van der Waals surface area contributed by atoms with Gasteiger partial charge in [0.2, 0.25) is 0 Å². The standard InChI is InChI=1S/C20H19N3O4/c24-18(15-5-2-1-3-6-15)22-12-9-20(10-13-22,19(25)26)23-11-8-16(21-23)17-7-4-14-27-17/h1-8,11,14H,9-10,12-13H2,(H,25,26). The van der Waals surface area contributed by atoms with Crippen molar-refractivity contribution in [2.45, 2.75) is 18.4 Å². The zero-order valence-corrected chi connectivity index (χ0v) is 14.6. The third-order valence-electron chi connectivity index (χ3n) is 5.10. The van der Waals surface area contributed by atoms with Gasteiger partial charge in [-0.25, -0.2) is 4.79 Å². The number of rotatable bonds is 4. The van der Waals surface area contributed by atoms with Gasteiger partial charge in [0.1, 0.15) is 5.69 Å². The number of likely N-dealkylation sites (tertiary alicyclic amines) is 1. The summed E-state index contributed by atoms with van der Waals surface area (Å²) in [5.74, 6) is -0.430. The number of furan rings is 1. The Morgan fingerprint density at radius 3 is 2.41 bits per heavy atom. The zero-order valence-electron chi connectivity index (χ0n) is 14.6. The van der Waals surface area contributed by atoms with E-state index in [0.29, 0.717) is 42.9 Å². The normalized spacial score (nSPS) is 16.2. The van der Waals surface area contributed by atoms with E-state index in [4.69, 9.17) is 4.42 Å². The Hall–Kier alpha value is -3.35. The molecule has 1 aromatic carbocycles. The van der Waals surface area contributed by atoms with Crippen LogP contribution in [0.15, 0.2) is 65.4 Å². The maximum absolute atomic E-state index is 12.6. The number of carboxylic acids is 1. The van der Waals surface area contributed by atoms with Gasteiger partial charge < -0.3 is 14.4 Å². The Labute approximate surface area is 155 Å². The summed E-state index contributed by atoms with van der Waals surface area (Å²) in [6, 6.07) is 14.3. The second-order valence-electron chi connectivity index (χ2n) is 6.62. The van der Waals surface area contributed by atoms with Crippen LogP contribution in [-0.2, 0) is 10.3 Å². The van der Waals surface area contributed by atoms with Crippen LogP contribution in [0, 0.1) is 0 Å². The molecule has 1 saturated heterocycles. The van der Waals surface area contributed by atoms with Crippen molar-refractivity contribution in [1.29, 1.82) is 0 Å². The fraction of sp³-hybridized carbons (Fsp3) is 0.250. The molecule has 3 heterocycles. The summed E-state index contributed by atoms with van der Waals surface area (Å²) in [6.07, 6.45) is 3.80. The lowest BCUT2D eigenvalue weighted by atomic mass is 9.87. The maximum atomic E-state index is 12.6. The molecule has 1 N–H and O–H groups in total. The van der Waals surface area contributed by atoms with Gasteiger partial charge in [-0.05, 0) is 30.3 Å². The third-order valence-corrected chi connectivity index (χ3v) is 5.10. The van der Waals surface area contributed by atoms with Crippen molar-refractivity contribution >= 4 is 11.9 Å². The van der Waals surface area contributed by atoms with Crippen LogP contribution in [0.2, 0.25) is 0 Å². The highest BCUT2D eigenvalue weighted by atomic mass is 16.4. The number of aliphatic carboxylic acids is 1. The highest BCUT2D eigenvalue weighted by Crippen LogP contribution is 2.32. The van der Waals surface area contributed by atoms with Crippen LogP contribution in [0.25, 0.3) is 11.5 Å². The molecule has 7 heteroatoms. The summed E-state index contributed by atoms with van der Waals surface area (Å²) in [4.78, 5) is 26.5. The molecular formula is C20H19N3O4. The smallest absolute Gasteiger partial charge is 0.331 e. The van der Waals surface area contributed by atoms with Crippen molar-refractivity contribution in [2.75, 3.05) is 13.1 Å². The lowest BCUT2D eigenvalue weighted by molar-refractivity contribution is -0.150. The largest absolute Gasteiger partial charge is 0.479 e. The van der Waals surface area contributed by atoms with Crippen molar-refractivity contribution in [1.82, 2.24) is 14.7 Å². The molecule has 0 spiro atoms. The van der Waals surface area contributed by atoms with Gasteiger partial charge in [-0.3, -0.25) is 9.48 Å². The predicted octanol–water partition coefficient (Wildman–Crippen LogP) is 2.86. The Balaban J connectivity index is 1.55. The highest BCUT2D eigenvalue weighted by Gasteiger charge is 2.45. The van der Waals surface area contributed by atoms with Crippen LogP contribution in [-0.4, -0.2) is 44.8 Å². The first-order valence-electron chi connectivity index (χ1n) is 8.78. The molecule has 27 heavy (non-hydrogen) atoms. The first kappa shape index (κ1) is 17.1. The van der Waals surface area contributed by atoms with Crippen molar-refractivity contribution in [3.05, 3.63) is 66.6 Å². The molecule has 0 aliphatic carbocycles. The molecule has 1 aliphatic rings. The molecule has 0 bridgehead atoms. The molecule has 0 saturated carbocycles. The molecule has 1 aliphatic heterocycles. The first-order chi connectivity index (χ1) is 13.1. The summed E-state index contributed by atoms with van der Waals surface area (Å²) < 4.78 is 6.83. The number of aromatic nitrogens is 2. The van der Waals surface area contributed by atoms with Crippen molar-refractivity contribution in [2.24, 2.45) is 0 Å². The number of hydrogen-bond donors (Lipinski definition) is 1. The average molecular weight is 365 g/mol. The van der Waals surface area contributed by atoms with Gasteiger partial charge in [0.05, 0.1) is 6.26 Å². The van der Waals surface area contributed by atoms with E-state index in [1.54, 1.807) is 47.7 Å². The van der Waals surface area contributed by atoms with Crippen molar-refractivity contribution < 1.29 is 19.1 Å². The molecule has 4 rings (SSSR count). The number of nitrogens with zero attached hydrogens (tertiary/aromatic N) is 3. The van der Waals surface area contributed by atoms with E-state index >= 15 is 0 Å². The average Bonchev–Trinajstić information content (AvgIpc) is 3.40. The van der Waals surface area contributed by atoms with E-state index in [-0.39, 0.29) is 5.91 Å². The zero-order chi connectivity index (χ0) is 18.9. The van der Waals surface area contributed by atoms with E-state index < -0.39 is 11.5 Å². The fourth-order valence-corrected chi connectivity index (χ4v) is 3.50. The van der Waals surface area contributed by atoms with Gasteiger partial charge in [0.25, 0.3) is 5.91 Å². The van der Waals surface area contributed by atoms with E-state index in [9.17, 15) is 14.7 Å². The summed E-state index contributed by atoms with van der Waals surface area (Å²) in [5.41, 5.74) is 0.0288. The molecule has 3 aromatic rings. The van der Waals surface area contributed by atoms with Gasteiger partial charge in [-0.2, -0.15) is 5.10 Å². The topological polar surface area (TPSA) is 88.6 Å². The van der Waals surface area contributed by atoms with Crippen LogP contribution >= 0.6 is 0 Å². The van der Waals surface area contributed by atoms with Crippen LogP contribution < -0.4 is 0 Å². The lowest BCUT2D eigenvalue weighted by Gasteiger charge is -2.39. The van der Waals surface area contributed by atoms with E-state index in [1.807, 2.05) is 18.2 Å². The molecule has 0 atom stereocenters. The summed E-state index contributed by atoms with van der Waals surface area (Å²) in [7, 11) is 0. The number of hydrogen-bond acceptors (Lipinski definition) is 4. The fourth-order valence-electron chi connectivity index (χ4n) is 3.50.